The van der Waals surface area contributed by atoms with Gasteiger partial charge < -0.3 is 10.2 Å². The Morgan fingerprint density at radius 1 is 1.14 bits per heavy atom. The minimum atomic E-state index is -4.40. The molecular formula is C13H8F3N3OS. The van der Waals surface area contributed by atoms with E-state index in [9.17, 15) is 13.2 Å². The molecule has 2 N–H and O–H groups in total. The van der Waals surface area contributed by atoms with Crippen LogP contribution in [0.3, 0.4) is 0 Å². The lowest BCUT2D eigenvalue weighted by Gasteiger charge is -2.05. The minimum Gasteiger partial charge on any atom is -0.431 e. The van der Waals surface area contributed by atoms with Crippen LogP contribution < -0.4 is 5.73 Å². The molecule has 3 rings (SSSR count). The van der Waals surface area contributed by atoms with E-state index >= 15 is 0 Å². The summed E-state index contributed by atoms with van der Waals surface area (Å²) in [5.74, 6) is 0. The highest BCUT2D eigenvalue weighted by Gasteiger charge is 2.30. The van der Waals surface area contributed by atoms with Gasteiger partial charge in [0.05, 0.1) is 5.56 Å². The Bertz CT molecular complexity index is 783. The summed E-state index contributed by atoms with van der Waals surface area (Å²) >= 11 is 1.04. The van der Waals surface area contributed by atoms with E-state index < -0.39 is 11.7 Å². The average molecular weight is 311 g/mol. The van der Waals surface area contributed by atoms with Crippen molar-refractivity contribution < 1.29 is 17.6 Å². The first kappa shape index (κ1) is 13.7. The maximum absolute atomic E-state index is 12.4. The Morgan fingerprint density at radius 3 is 2.62 bits per heavy atom. The van der Waals surface area contributed by atoms with Crippen molar-refractivity contribution in [2.75, 3.05) is 5.73 Å². The Kier molecular flexibility index (Phi) is 3.25. The number of rotatable bonds is 2. The lowest BCUT2D eigenvalue weighted by molar-refractivity contribution is -0.137. The van der Waals surface area contributed by atoms with Crippen LogP contribution in [0.2, 0.25) is 0 Å². The van der Waals surface area contributed by atoms with Crippen LogP contribution in [-0.4, -0.2) is 9.97 Å². The Hall–Kier alpha value is -2.22. The van der Waals surface area contributed by atoms with Gasteiger partial charge in [-0.05, 0) is 36.0 Å². The van der Waals surface area contributed by atoms with Crippen molar-refractivity contribution in [1.29, 1.82) is 0 Å². The van der Waals surface area contributed by atoms with Crippen LogP contribution >= 0.6 is 11.8 Å². The van der Waals surface area contributed by atoms with Gasteiger partial charge in [-0.3, -0.25) is 0 Å². The van der Waals surface area contributed by atoms with E-state index in [-0.39, 0.29) is 0 Å². The molecule has 2 heterocycles. The zero-order chi connectivity index (χ0) is 15.0. The van der Waals surface area contributed by atoms with Gasteiger partial charge in [0.25, 0.3) is 5.22 Å². The molecule has 1 aromatic carbocycles. The van der Waals surface area contributed by atoms with E-state index in [4.69, 9.17) is 10.2 Å². The van der Waals surface area contributed by atoms with Crippen LogP contribution in [0, 0.1) is 0 Å². The molecule has 0 fully saturated rings. The van der Waals surface area contributed by atoms with Crippen molar-refractivity contribution in [1.82, 2.24) is 9.97 Å². The second kappa shape index (κ2) is 4.96. The van der Waals surface area contributed by atoms with Crippen LogP contribution in [-0.2, 0) is 6.18 Å². The lowest BCUT2D eigenvalue weighted by Crippen LogP contribution is -2.04. The lowest BCUT2D eigenvalue weighted by atomic mass is 10.3. The molecule has 0 aliphatic carbocycles. The molecular weight excluding hydrogens is 303 g/mol. The van der Waals surface area contributed by atoms with Crippen molar-refractivity contribution in [3.63, 3.8) is 0 Å². The molecule has 0 unspecified atom stereocenters. The molecule has 0 aliphatic heterocycles. The summed E-state index contributed by atoms with van der Waals surface area (Å²) in [5, 5.41) is 0.658. The van der Waals surface area contributed by atoms with Crippen LogP contribution in [0.5, 0.6) is 0 Å². The standard InChI is InChI=1S/C13H8F3N3OS/c14-13(15,16)7-1-4-11(18-6-7)21-12-19-9-3-2-8(17)5-10(9)20-12/h1-6H,17H2. The topological polar surface area (TPSA) is 64.9 Å². The number of nitrogen functional groups attached to an aromatic ring is 1. The SMILES string of the molecule is Nc1ccc2nc(Sc3ccc(C(F)(F)F)cn3)oc2c1. The molecule has 0 amide bonds. The van der Waals surface area contributed by atoms with E-state index in [0.717, 1.165) is 24.0 Å². The van der Waals surface area contributed by atoms with Crippen LogP contribution in [0.25, 0.3) is 11.1 Å². The minimum absolute atomic E-state index is 0.294. The summed E-state index contributed by atoms with van der Waals surface area (Å²) in [4.78, 5) is 7.95. The van der Waals surface area contributed by atoms with Gasteiger partial charge in [-0.1, -0.05) is 0 Å². The zero-order valence-electron chi connectivity index (χ0n) is 10.4. The molecule has 0 spiro atoms. The largest absolute Gasteiger partial charge is 0.431 e. The van der Waals surface area contributed by atoms with Gasteiger partial charge in [-0.2, -0.15) is 13.2 Å². The number of alkyl halides is 3. The molecule has 21 heavy (non-hydrogen) atoms. The quantitative estimate of drug-likeness (QED) is 0.725. The fraction of sp³-hybridized carbons (Fsp3) is 0.0769. The highest BCUT2D eigenvalue weighted by molar-refractivity contribution is 7.99. The van der Waals surface area contributed by atoms with Crippen molar-refractivity contribution in [2.24, 2.45) is 0 Å². The zero-order valence-corrected chi connectivity index (χ0v) is 11.2. The van der Waals surface area contributed by atoms with E-state index in [1.54, 1.807) is 18.2 Å². The number of oxazole rings is 1. The molecule has 4 nitrogen and oxygen atoms in total. The number of nitrogens with two attached hydrogens (primary N) is 1. The third kappa shape index (κ3) is 2.94. The molecule has 0 aliphatic rings. The summed E-state index contributed by atoms with van der Waals surface area (Å²) in [6.45, 7) is 0. The summed E-state index contributed by atoms with van der Waals surface area (Å²) in [6, 6.07) is 7.27. The van der Waals surface area contributed by atoms with Gasteiger partial charge in [0.1, 0.15) is 10.5 Å². The van der Waals surface area contributed by atoms with Gasteiger partial charge in [0.15, 0.2) is 5.58 Å². The van der Waals surface area contributed by atoms with E-state index in [2.05, 4.69) is 9.97 Å². The number of halogens is 3. The molecule has 3 aromatic rings. The molecule has 0 radical (unpaired) electrons. The number of benzene rings is 1. The van der Waals surface area contributed by atoms with Crippen LogP contribution in [0.15, 0.2) is 51.2 Å². The van der Waals surface area contributed by atoms with Crippen molar-refractivity contribution >= 4 is 28.5 Å². The predicted molar refractivity (Wildman–Crippen MR) is 71.8 cm³/mol. The van der Waals surface area contributed by atoms with E-state index in [0.29, 0.717) is 27.0 Å². The van der Waals surface area contributed by atoms with Gasteiger partial charge >= 0.3 is 6.18 Å². The second-order valence-electron chi connectivity index (χ2n) is 4.19. The predicted octanol–water partition coefficient (Wildman–Crippen LogP) is 3.98. The summed E-state index contributed by atoms with van der Waals surface area (Å²) < 4.78 is 42.8. The van der Waals surface area contributed by atoms with Crippen LogP contribution in [0.4, 0.5) is 18.9 Å². The highest BCUT2D eigenvalue weighted by Crippen LogP contribution is 2.32. The summed E-state index contributed by atoms with van der Waals surface area (Å²) in [5.41, 5.74) is 6.52. The highest BCUT2D eigenvalue weighted by atomic mass is 32.2. The Balaban J connectivity index is 1.84. The number of aromatic nitrogens is 2. The number of hydrogen-bond donors (Lipinski definition) is 1. The first-order chi connectivity index (χ1) is 9.91. The maximum Gasteiger partial charge on any atom is 0.417 e. The number of hydrogen-bond acceptors (Lipinski definition) is 5. The molecule has 108 valence electrons. The second-order valence-corrected chi connectivity index (χ2v) is 5.16. The molecule has 2 aromatic heterocycles. The van der Waals surface area contributed by atoms with Gasteiger partial charge in [0, 0.05) is 18.0 Å². The third-order valence-electron chi connectivity index (χ3n) is 2.65. The van der Waals surface area contributed by atoms with Gasteiger partial charge in [0.2, 0.25) is 0 Å². The Morgan fingerprint density at radius 2 is 1.95 bits per heavy atom. The maximum atomic E-state index is 12.4. The number of anilines is 1. The number of fused-ring (bicyclic) bond motifs is 1. The fourth-order valence-electron chi connectivity index (χ4n) is 1.66. The molecule has 0 bridgehead atoms. The average Bonchev–Trinajstić information content (AvgIpc) is 2.79. The first-order valence-corrected chi connectivity index (χ1v) is 6.61. The fourth-order valence-corrected chi connectivity index (χ4v) is 2.36. The molecule has 0 saturated carbocycles. The summed E-state index contributed by atoms with van der Waals surface area (Å²) in [6.07, 6.45) is -3.62. The van der Waals surface area contributed by atoms with Gasteiger partial charge in [-0.15, -0.1) is 0 Å². The summed E-state index contributed by atoms with van der Waals surface area (Å²) in [7, 11) is 0. The number of nitrogens with zero attached hydrogens (tertiary/aromatic N) is 2. The third-order valence-corrected chi connectivity index (χ3v) is 3.45. The Labute approximate surface area is 121 Å². The first-order valence-electron chi connectivity index (χ1n) is 5.79. The number of pyridine rings is 1. The van der Waals surface area contributed by atoms with E-state index in [1.807, 2.05) is 0 Å². The van der Waals surface area contributed by atoms with Crippen molar-refractivity contribution in [3.05, 3.63) is 42.1 Å². The molecule has 0 saturated heterocycles. The van der Waals surface area contributed by atoms with E-state index in [1.165, 1.54) is 6.07 Å². The molecule has 8 heteroatoms. The molecule has 0 atom stereocenters. The normalized spacial score (nSPS) is 12.0. The van der Waals surface area contributed by atoms with Crippen molar-refractivity contribution in [3.8, 4) is 0 Å². The van der Waals surface area contributed by atoms with Crippen molar-refractivity contribution in [2.45, 2.75) is 16.4 Å². The van der Waals surface area contributed by atoms with Crippen LogP contribution in [0.1, 0.15) is 5.56 Å². The monoisotopic (exact) mass is 311 g/mol. The van der Waals surface area contributed by atoms with Gasteiger partial charge in [-0.25, -0.2) is 9.97 Å². The smallest absolute Gasteiger partial charge is 0.417 e.